The number of carbonyl (C=O) groups is 1. The molecule has 0 spiro atoms. The van der Waals surface area contributed by atoms with E-state index >= 15 is 0 Å². The SMILES string of the molecule is COCCOc1ccc(-n2cc(-c3cnc(C(N)=O)n3C)c(C(F)(F)F)n2)nc1. The smallest absolute Gasteiger partial charge is 0.435 e. The molecule has 0 bridgehead atoms. The average molecular weight is 410 g/mol. The quantitative estimate of drug-likeness (QED) is 0.595. The van der Waals surface area contributed by atoms with Crippen molar-refractivity contribution >= 4 is 5.91 Å². The fourth-order valence-corrected chi connectivity index (χ4v) is 2.61. The summed E-state index contributed by atoms with van der Waals surface area (Å²) in [4.78, 5) is 19.2. The molecule has 12 heteroatoms. The summed E-state index contributed by atoms with van der Waals surface area (Å²) in [5.74, 6) is -0.438. The van der Waals surface area contributed by atoms with Gasteiger partial charge in [-0.15, -0.1) is 0 Å². The van der Waals surface area contributed by atoms with Crippen molar-refractivity contribution in [3.8, 4) is 22.8 Å². The van der Waals surface area contributed by atoms with Crippen molar-refractivity contribution in [1.82, 2.24) is 24.3 Å². The predicted octanol–water partition coefficient (Wildman–Crippen LogP) is 1.81. The van der Waals surface area contributed by atoms with Gasteiger partial charge in [-0.1, -0.05) is 0 Å². The van der Waals surface area contributed by atoms with Crippen LogP contribution in [0.15, 0.2) is 30.7 Å². The van der Waals surface area contributed by atoms with Crippen LogP contribution in [0, 0.1) is 0 Å². The van der Waals surface area contributed by atoms with E-state index in [-0.39, 0.29) is 22.9 Å². The Hall–Kier alpha value is -3.41. The van der Waals surface area contributed by atoms with Gasteiger partial charge in [0, 0.05) is 20.4 Å². The highest BCUT2D eigenvalue weighted by Crippen LogP contribution is 2.36. The van der Waals surface area contributed by atoms with Crippen LogP contribution < -0.4 is 10.5 Å². The minimum atomic E-state index is -4.74. The molecule has 3 aromatic rings. The summed E-state index contributed by atoms with van der Waals surface area (Å²) >= 11 is 0. The minimum Gasteiger partial charge on any atom is -0.490 e. The number of carbonyl (C=O) groups excluding carboxylic acids is 1. The second-order valence-corrected chi connectivity index (χ2v) is 5.92. The second kappa shape index (κ2) is 7.91. The predicted molar refractivity (Wildman–Crippen MR) is 94.5 cm³/mol. The van der Waals surface area contributed by atoms with E-state index in [1.54, 1.807) is 6.07 Å². The Balaban J connectivity index is 1.99. The van der Waals surface area contributed by atoms with Crippen LogP contribution >= 0.6 is 0 Å². The van der Waals surface area contributed by atoms with E-state index in [0.717, 1.165) is 10.9 Å². The van der Waals surface area contributed by atoms with Gasteiger partial charge < -0.3 is 19.8 Å². The number of nitrogens with zero attached hydrogens (tertiary/aromatic N) is 5. The number of primary amides is 1. The maximum Gasteiger partial charge on any atom is 0.435 e. The monoisotopic (exact) mass is 410 g/mol. The number of nitrogens with two attached hydrogens (primary N) is 1. The summed E-state index contributed by atoms with van der Waals surface area (Å²) in [6.45, 7) is 0.696. The number of alkyl halides is 3. The van der Waals surface area contributed by atoms with Crippen molar-refractivity contribution in [3.63, 3.8) is 0 Å². The van der Waals surface area contributed by atoms with Gasteiger partial charge in [0.1, 0.15) is 12.4 Å². The standard InChI is InChI=1S/C17H17F3N6O3/c1-25-12(8-23-16(25)15(21)27)11-9-26(24-14(11)17(18,19)20)13-4-3-10(7-22-13)29-6-5-28-2/h3-4,7-9H,5-6H2,1-2H3,(H2,21,27). The molecule has 0 unspecified atom stereocenters. The Kier molecular flexibility index (Phi) is 5.55. The first kappa shape index (κ1) is 20.3. The van der Waals surface area contributed by atoms with Crippen LogP contribution in [-0.2, 0) is 18.0 Å². The number of rotatable bonds is 7. The summed E-state index contributed by atoms with van der Waals surface area (Å²) in [5, 5.41) is 3.64. The first-order valence-corrected chi connectivity index (χ1v) is 8.29. The number of hydrogen-bond acceptors (Lipinski definition) is 6. The molecule has 0 aliphatic rings. The lowest BCUT2D eigenvalue weighted by Crippen LogP contribution is -2.17. The first-order valence-electron chi connectivity index (χ1n) is 8.29. The zero-order valence-corrected chi connectivity index (χ0v) is 15.5. The topological polar surface area (TPSA) is 110 Å². The normalized spacial score (nSPS) is 11.6. The highest BCUT2D eigenvalue weighted by atomic mass is 19.4. The van der Waals surface area contributed by atoms with Gasteiger partial charge in [0.25, 0.3) is 5.91 Å². The molecule has 0 aromatic carbocycles. The van der Waals surface area contributed by atoms with Gasteiger partial charge in [-0.3, -0.25) is 4.79 Å². The van der Waals surface area contributed by atoms with Crippen molar-refractivity contribution in [2.24, 2.45) is 12.8 Å². The zero-order chi connectivity index (χ0) is 21.2. The third-order valence-electron chi connectivity index (χ3n) is 3.98. The van der Waals surface area contributed by atoms with E-state index in [9.17, 15) is 18.0 Å². The van der Waals surface area contributed by atoms with Crippen LogP contribution in [0.2, 0.25) is 0 Å². The van der Waals surface area contributed by atoms with E-state index in [0.29, 0.717) is 19.0 Å². The molecule has 0 radical (unpaired) electrons. The van der Waals surface area contributed by atoms with Gasteiger partial charge in [-0.05, 0) is 12.1 Å². The number of imidazole rings is 1. The lowest BCUT2D eigenvalue weighted by atomic mass is 10.2. The van der Waals surface area contributed by atoms with E-state index in [4.69, 9.17) is 15.2 Å². The van der Waals surface area contributed by atoms with E-state index in [1.807, 2.05) is 0 Å². The molecule has 9 nitrogen and oxygen atoms in total. The molecular weight excluding hydrogens is 393 g/mol. The Labute approximate surface area is 162 Å². The van der Waals surface area contributed by atoms with Crippen molar-refractivity contribution < 1.29 is 27.4 Å². The molecule has 2 N–H and O–H groups in total. The van der Waals surface area contributed by atoms with Crippen LogP contribution in [0.4, 0.5) is 13.2 Å². The van der Waals surface area contributed by atoms with Crippen LogP contribution in [0.3, 0.4) is 0 Å². The highest BCUT2D eigenvalue weighted by molar-refractivity contribution is 5.90. The minimum absolute atomic E-state index is 0.0388. The van der Waals surface area contributed by atoms with Gasteiger partial charge in [0.05, 0.1) is 30.3 Å². The van der Waals surface area contributed by atoms with Crippen molar-refractivity contribution in [3.05, 3.63) is 42.2 Å². The molecule has 0 saturated carbocycles. The average Bonchev–Trinajstić information content (AvgIpc) is 3.26. The number of aromatic nitrogens is 5. The van der Waals surface area contributed by atoms with Crippen molar-refractivity contribution in [2.75, 3.05) is 20.3 Å². The van der Waals surface area contributed by atoms with Crippen molar-refractivity contribution in [1.29, 1.82) is 0 Å². The molecule has 0 aliphatic carbocycles. The Bertz CT molecular complexity index is 1010. The number of halogens is 3. The van der Waals surface area contributed by atoms with Crippen LogP contribution in [0.1, 0.15) is 16.3 Å². The summed E-state index contributed by atoms with van der Waals surface area (Å²) in [5.41, 5.74) is 3.83. The van der Waals surface area contributed by atoms with Crippen LogP contribution in [0.5, 0.6) is 5.75 Å². The van der Waals surface area contributed by atoms with E-state index in [1.165, 1.54) is 37.2 Å². The summed E-state index contributed by atoms with van der Waals surface area (Å²) in [6.07, 6.45) is -1.06. The molecule has 0 saturated heterocycles. The molecule has 154 valence electrons. The molecule has 3 rings (SSSR count). The first-order chi connectivity index (χ1) is 13.7. The van der Waals surface area contributed by atoms with Gasteiger partial charge in [-0.25, -0.2) is 14.6 Å². The highest BCUT2D eigenvalue weighted by Gasteiger charge is 2.38. The van der Waals surface area contributed by atoms with Gasteiger partial charge in [0.15, 0.2) is 17.3 Å². The molecule has 3 heterocycles. The maximum atomic E-state index is 13.5. The van der Waals surface area contributed by atoms with Crippen LogP contribution in [0.25, 0.3) is 17.1 Å². The molecule has 0 fully saturated rings. The Morgan fingerprint density at radius 3 is 2.52 bits per heavy atom. The molecule has 0 aliphatic heterocycles. The molecule has 0 atom stereocenters. The Morgan fingerprint density at radius 1 is 1.21 bits per heavy atom. The lowest BCUT2D eigenvalue weighted by molar-refractivity contribution is -0.140. The molecular formula is C17H17F3N6O3. The molecule has 29 heavy (non-hydrogen) atoms. The van der Waals surface area contributed by atoms with Gasteiger partial charge in [0.2, 0.25) is 0 Å². The lowest BCUT2D eigenvalue weighted by Gasteiger charge is -2.07. The second-order valence-electron chi connectivity index (χ2n) is 5.92. The van der Waals surface area contributed by atoms with Crippen LogP contribution in [-0.4, -0.2) is 50.5 Å². The number of ether oxygens (including phenoxy) is 2. The van der Waals surface area contributed by atoms with Gasteiger partial charge >= 0.3 is 6.18 Å². The third kappa shape index (κ3) is 4.21. The van der Waals surface area contributed by atoms with E-state index in [2.05, 4.69) is 15.1 Å². The summed E-state index contributed by atoms with van der Waals surface area (Å²) in [6, 6.07) is 3.03. The largest absolute Gasteiger partial charge is 0.490 e. The third-order valence-corrected chi connectivity index (χ3v) is 3.98. The van der Waals surface area contributed by atoms with E-state index < -0.39 is 17.8 Å². The fourth-order valence-electron chi connectivity index (χ4n) is 2.61. The zero-order valence-electron chi connectivity index (χ0n) is 15.5. The van der Waals surface area contributed by atoms with Gasteiger partial charge in [-0.2, -0.15) is 18.3 Å². The number of pyridine rings is 1. The number of amides is 1. The maximum absolute atomic E-state index is 13.5. The Morgan fingerprint density at radius 2 is 1.97 bits per heavy atom. The van der Waals surface area contributed by atoms with Crippen molar-refractivity contribution in [2.45, 2.75) is 6.18 Å². The number of hydrogen-bond donors (Lipinski definition) is 1. The summed E-state index contributed by atoms with van der Waals surface area (Å²) in [7, 11) is 2.93. The summed E-state index contributed by atoms with van der Waals surface area (Å²) < 4.78 is 53.1. The molecule has 3 aromatic heterocycles. The molecule has 1 amide bonds. The number of methoxy groups -OCH3 is 1. The fraction of sp³-hybridized carbons (Fsp3) is 0.294.